The van der Waals surface area contributed by atoms with Crippen LogP contribution in [0, 0.1) is 5.82 Å². The summed E-state index contributed by atoms with van der Waals surface area (Å²) in [6.07, 6.45) is 3.67. The average Bonchev–Trinajstić information content (AvgIpc) is 2.45. The van der Waals surface area contributed by atoms with E-state index in [0.29, 0.717) is 11.4 Å². The maximum Gasteiger partial charge on any atom is 0.143 e. The van der Waals surface area contributed by atoms with E-state index in [1.54, 1.807) is 12.1 Å². The van der Waals surface area contributed by atoms with Crippen molar-refractivity contribution in [1.82, 2.24) is 0 Å². The van der Waals surface area contributed by atoms with Gasteiger partial charge in [0.2, 0.25) is 0 Å². The van der Waals surface area contributed by atoms with Crippen LogP contribution in [-0.2, 0) is 11.2 Å². The van der Waals surface area contributed by atoms with Crippen LogP contribution in [0.15, 0.2) is 54.6 Å². The molecular formula is C17H14ClFO. The zero-order valence-corrected chi connectivity index (χ0v) is 11.6. The summed E-state index contributed by atoms with van der Waals surface area (Å²) < 4.78 is 13.2. The highest BCUT2D eigenvalue weighted by Gasteiger charge is 2.04. The first-order chi connectivity index (χ1) is 9.69. The van der Waals surface area contributed by atoms with Crippen molar-refractivity contribution in [2.45, 2.75) is 12.8 Å². The number of aryl methyl sites for hydroxylation is 1. The van der Waals surface area contributed by atoms with Gasteiger partial charge < -0.3 is 0 Å². The number of benzene rings is 2. The molecule has 0 bridgehead atoms. The Labute approximate surface area is 122 Å². The maximum atomic E-state index is 13.2. The van der Waals surface area contributed by atoms with Gasteiger partial charge in [0.1, 0.15) is 12.1 Å². The molecule has 2 aromatic carbocycles. The number of allylic oxidation sites excluding steroid dienone is 2. The summed E-state index contributed by atoms with van der Waals surface area (Å²) in [5, 5.41) is 0.697. The lowest BCUT2D eigenvalue weighted by Gasteiger charge is -2.07. The lowest BCUT2D eigenvalue weighted by atomic mass is 9.98. The van der Waals surface area contributed by atoms with E-state index in [1.165, 1.54) is 18.2 Å². The standard InChI is InChI=1S/C17H14ClFO/c18-16-8-5-13(6-9-16)4-7-14(10-11-20)15-2-1-3-17(19)12-15/h1-3,5-6,8-12H,4,7H2/b14-10+. The van der Waals surface area contributed by atoms with Gasteiger partial charge in [0, 0.05) is 5.02 Å². The van der Waals surface area contributed by atoms with E-state index in [-0.39, 0.29) is 5.82 Å². The highest BCUT2D eigenvalue weighted by atomic mass is 35.5. The fraction of sp³-hybridized carbons (Fsp3) is 0.118. The summed E-state index contributed by atoms with van der Waals surface area (Å²) >= 11 is 5.84. The SMILES string of the molecule is O=C/C=C(\CCc1ccc(Cl)cc1)c1cccc(F)c1. The Balaban J connectivity index is 2.12. The third-order valence-electron chi connectivity index (χ3n) is 3.06. The van der Waals surface area contributed by atoms with Gasteiger partial charge in [0.15, 0.2) is 0 Å². The Morgan fingerprint density at radius 1 is 1.15 bits per heavy atom. The third kappa shape index (κ3) is 4.04. The lowest BCUT2D eigenvalue weighted by molar-refractivity contribution is -0.104. The molecule has 0 heterocycles. The summed E-state index contributed by atoms with van der Waals surface area (Å²) in [5.41, 5.74) is 2.70. The second-order valence-electron chi connectivity index (χ2n) is 4.46. The molecule has 0 spiro atoms. The quantitative estimate of drug-likeness (QED) is 0.576. The largest absolute Gasteiger partial charge is 0.299 e. The van der Waals surface area contributed by atoms with Crippen LogP contribution in [0.3, 0.4) is 0 Å². The molecule has 0 fully saturated rings. The predicted molar refractivity (Wildman–Crippen MR) is 80.2 cm³/mol. The van der Waals surface area contributed by atoms with E-state index < -0.39 is 0 Å². The molecule has 0 aliphatic carbocycles. The van der Waals surface area contributed by atoms with E-state index in [4.69, 9.17) is 11.6 Å². The first-order valence-electron chi connectivity index (χ1n) is 6.34. The van der Waals surface area contributed by atoms with E-state index >= 15 is 0 Å². The Morgan fingerprint density at radius 2 is 1.90 bits per heavy atom. The minimum atomic E-state index is -0.300. The van der Waals surface area contributed by atoms with Crippen molar-refractivity contribution in [3.8, 4) is 0 Å². The summed E-state index contributed by atoms with van der Waals surface area (Å²) in [6.45, 7) is 0. The second kappa shape index (κ2) is 7.01. The number of halogens is 2. The lowest BCUT2D eigenvalue weighted by Crippen LogP contribution is -1.91. The molecule has 0 aliphatic heterocycles. The topological polar surface area (TPSA) is 17.1 Å². The van der Waals surface area contributed by atoms with E-state index in [0.717, 1.165) is 29.4 Å². The zero-order valence-electron chi connectivity index (χ0n) is 10.9. The van der Waals surface area contributed by atoms with Gasteiger partial charge in [-0.15, -0.1) is 0 Å². The van der Waals surface area contributed by atoms with Crippen LogP contribution < -0.4 is 0 Å². The fourth-order valence-electron chi connectivity index (χ4n) is 2.02. The summed E-state index contributed by atoms with van der Waals surface area (Å²) in [5.74, 6) is -0.300. The molecule has 0 radical (unpaired) electrons. The van der Waals surface area contributed by atoms with Crippen molar-refractivity contribution in [3.63, 3.8) is 0 Å². The molecule has 0 saturated heterocycles. The van der Waals surface area contributed by atoms with Crippen LogP contribution >= 0.6 is 11.6 Å². The molecule has 0 N–H and O–H groups in total. The number of carbonyl (C=O) groups excluding carboxylic acids is 1. The Hall–Kier alpha value is -1.93. The van der Waals surface area contributed by atoms with Gasteiger partial charge in [-0.1, -0.05) is 35.9 Å². The van der Waals surface area contributed by atoms with E-state index in [9.17, 15) is 9.18 Å². The number of carbonyl (C=O) groups is 1. The minimum absolute atomic E-state index is 0.300. The number of hydrogen-bond donors (Lipinski definition) is 0. The molecule has 0 unspecified atom stereocenters. The second-order valence-corrected chi connectivity index (χ2v) is 4.90. The summed E-state index contributed by atoms with van der Waals surface area (Å²) in [7, 11) is 0. The van der Waals surface area contributed by atoms with Crippen molar-refractivity contribution in [3.05, 3.63) is 76.6 Å². The van der Waals surface area contributed by atoms with Crippen LogP contribution in [0.1, 0.15) is 17.5 Å². The van der Waals surface area contributed by atoms with Crippen LogP contribution in [-0.4, -0.2) is 6.29 Å². The van der Waals surface area contributed by atoms with Crippen molar-refractivity contribution >= 4 is 23.5 Å². The summed E-state index contributed by atoms with van der Waals surface area (Å²) in [6, 6.07) is 13.9. The number of aldehydes is 1. The van der Waals surface area contributed by atoms with Crippen LogP contribution in [0.4, 0.5) is 4.39 Å². The monoisotopic (exact) mass is 288 g/mol. The van der Waals surface area contributed by atoms with Crippen molar-refractivity contribution in [2.75, 3.05) is 0 Å². The van der Waals surface area contributed by atoms with Crippen molar-refractivity contribution in [2.24, 2.45) is 0 Å². The molecule has 0 saturated carbocycles. The van der Waals surface area contributed by atoms with Gasteiger partial charge in [-0.3, -0.25) is 4.79 Å². The first-order valence-corrected chi connectivity index (χ1v) is 6.71. The molecular weight excluding hydrogens is 275 g/mol. The molecule has 0 atom stereocenters. The molecule has 2 aromatic rings. The number of rotatable bonds is 5. The van der Waals surface area contributed by atoms with Crippen LogP contribution in [0.5, 0.6) is 0 Å². The molecule has 20 heavy (non-hydrogen) atoms. The molecule has 102 valence electrons. The van der Waals surface area contributed by atoms with Crippen molar-refractivity contribution < 1.29 is 9.18 Å². The molecule has 0 amide bonds. The predicted octanol–water partition coefficient (Wildman–Crippen LogP) is 4.69. The molecule has 0 aliphatic rings. The van der Waals surface area contributed by atoms with Gasteiger partial charge >= 0.3 is 0 Å². The van der Waals surface area contributed by atoms with E-state index in [1.807, 2.05) is 24.3 Å². The zero-order chi connectivity index (χ0) is 14.4. The fourth-order valence-corrected chi connectivity index (χ4v) is 2.15. The van der Waals surface area contributed by atoms with Crippen molar-refractivity contribution in [1.29, 1.82) is 0 Å². The maximum absolute atomic E-state index is 13.2. The minimum Gasteiger partial charge on any atom is -0.299 e. The number of hydrogen-bond acceptors (Lipinski definition) is 1. The van der Waals surface area contributed by atoms with Gasteiger partial charge in [0.05, 0.1) is 0 Å². The molecule has 2 rings (SSSR count). The van der Waals surface area contributed by atoms with Gasteiger partial charge in [0.25, 0.3) is 0 Å². The Morgan fingerprint density at radius 3 is 2.55 bits per heavy atom. The first kappa shape index (κ1) is 14.5. The Bertz CT molecular complexity index is 617. The summed E-state index contributed by atoms with van der Waals surface area (Å²) in [4.78, 5) is 10.7. The molecule has 1 nitrogen and oxygen atoms in total. The third-order valence-corrected chi connectivity index (χ3v) is 3.31. The van der Waals surface area contributed by atoms with Gasteiger partial charge in [-0.2, -0.15) is 0 Å². The highest BCUT2D eigenvalue weighted by molar-refractivity contribution is 6.30. The molecule has 0 aromatic heterocycles. The molecule has 3 heteroatoms. The van der Waals surface area contributed by atoms with Gasteiger partial charge in [-0.25, -0.2) is 4.39 Å². The average molecular weight is 289 g/mol. The highest BCUT2D eigenvalue weighted by Crippen LogP contribution is 2.21. The Kier molecular flexibility index (Phi) is 5.08. The van der Waals surface area contributed by atoms with E-state index in [2.05, 4.69) is 0 Å². The van der Waals surface area contributed by atoms with Crippen LogP contribution in [0.25, 0.3) is 5.57 Å². The van der Waals surface area contributed by atoms with Gasteiger partial charge in [-0.05, 0) is 59.9 Å². The normalized spacial score (nSPS) is 11.4. The smallest absolute Gasteiger partial charge is 0.143 e. The van der Waals surface area contributed by atoms with Crippen LogP contribution in [0.2, 0.25) is 5.02 Å².